The molecule has 1 aromatic carbocycles. The molecule has 0 bridgehead atoms. The summed E-state index contributed by atoms with van der Waals surface area (Å²) in [4.78, 5) is 12.0. The van der Waals surface area contributed by atoms with Crippen molar-refractivity contribution in [3.05, 3.63) is 24.3 Å². The molecular weight excluding hydrogens is 290 g/mol. The van der Waals surface area contributed by atoms with Gasteiger partial charge in [-0.1, -0.05) is 47.8 Å². The molecule has 6 heteroatoms. The molecule has 0 aromatic heterocycles. The Labute approximate surface area is 128 Å². The molecule has 21 heavy (non-hydrogen) atoms. The fraction of sp³-hybridized carbons (Fsp3) is 0.533. The lowest BCUT2D eigenvalue weighted by Gasteiger charge is -2.22. The van der Waals surface area contributed by atoms with Crippen LogP contribution in [0, 0.1) is 5.41 Å². The molecule has 0 heterocycles. The number of amides is 1. The molecule has 0 spiro atoms. The third-order valence-corrected chi connectivity index (χ3v) is 4.46. The highest BCUT2D eigenvalue weighted by atomic mass is 32.2. The summed E-state index contributed by atoms with van der Waals surface area (Å²) in [6, 6.07) is 6.17. The Morgan fingerprint density at radius 2 is 1.76 bits per heavy atom. The Balaban J connectivity index is 0. The molecule has 122 valence electrons. The number of anilines is 1. The monoisotopic (exact) mass is 317 g/mol. The van der Waals surface area contributed by atoms with Gasteiger partial charge in [-0.25, -0.2) is 0 Å². The second kappa shape index (κ2) is 8.14. The van der Waals surface area contributed by atoms with Crippen LogP contribution in [-0.2, 0) is 19.1 Å². The molecular formula is C15H27NO4S. The first-order valence-electron chi connectivity index (χ1n) is 5.95. The quantitative estimate of drug-likeness (QED) is 0.841. The minimum Gasteiger partial charge on any atom is -0.324 e. The highest BCUT2D eigenvalue weighted by Gasteiger charge is 2.27. The fourth-order valence-corrected chi connectivity index (χ4v) is 2.14. The summed E-state index contributed by atoms with van der Waals surface area (Å²) in [5.74, 6) is -0.228. The number of benzene rings is 1. The van der Waals surface area contributed by atoms with Gasteiger partial charge in [-0.2, -0.15) is 8.42 Å². The summed E-state index contributed by atoms with van der Waals surface area (Å²) in [7, 11) is -2.75. The van der Waals surface area contributed by atoms with Gasteiger partial charge in [0.2, 0.25) is 5.91 Å². The van der Waals surface area contributed by atoms with E-state index in [4.69, 9.17) is 0 Å². The molecule has 0 saturated carbocycles. The molecule has 0 aliphatic heterocycles. The highest BCUT2D eigenvalue weighted by molar-refractivity contribution is 7.87. The Kier molecular flexibility index (Phi) is 8.49. The molecule has 0 fully saturated rings. The van der Waals surface area contributed by atoms with Crippen LogP contribution in [0.2, 0.25) is 0 Å². The van der Waals surface area contributed by atoms with Gasteiger partial charge in [0, 0.05) is 5.41 Å². The van der Waals surface area contributed by atoms with E-state index in [1.807, 2.05) is 6.92 Å². The molecule has 0 radical (unpaired) electrons. The lowest BCUT2D eigenvalue weighted by atomic mass is 9.89. The van der Waals surface area contributed by atoms with Gasteiger partial charge >= 0.3 is 0 Å². The number of nitrogens with one attached hydrogen (secondary N) is 1. The van der Waals surface area contributed by atoms with Gasteiger partial charge in [0.15, 0.2) is 0 Å². The molecule has 0 unspecified atom stereocenters. The van der Waals surface area contributed by atoms with Crippen molar-refractivity contribution >= 4 is 21.7 Å². The molecule has 1 aromatic rings. The molecule has 0 aliphatic carbocycles. The normalized spacial score (nSPS) is 11.0. The van der Waals surface area contributed by atoms with Crippen molar-refractivity contribution in [3.8, 4) is 0 Å². The van der Waals surface area contributed by atoms with Crippen molar-refractivity contribution in [1.29, 1.82) is 0 Å². The average molecular weight is 317 g/mol. The predicted octanol–water partition coefficient (Wildman–Crippen LogP) is 3.67. The van der Waals surface area contributed by atoms with E-state index in [0.29, 0.717) is 6.42 Å². The molecule has 1 N–H and O–H groups in total. The van der Waals surface area contributed by atoms with E-state index in [9.17, 15) is 13.2 Å². The first-order chi connectivity index (χ1) is 8.74. The van der Waals surface area contributed by atoms with Gasteiger partial charge in [-0.15, -0.1) is 0 Å². The molecule has 5 nitrogen and oxygen atoms in total. The van der Waals surface area contributed by atoms with Crippen LogP contribution in [0.5, 0.6) is 0 Å². The summed E-state index contributed by atoms with van der Waals surface area (Å²) in [6.45, 7) is 5.50. The summed E-state index contributed by atoms with van der Waals surface area (Å²) in [6.07, 6.45) is 0.651. The van der Waals surface area contributed by atoms with E-state index >= 15 is 0 Å². The van der Waals surface area contributed by atoms with Gasteiger partial charge in [0.05, 0.1) is 12.8 Å². The second-order valence-corrected chi connectivity index (χ2v) is 6.49. The van der Waals surface area contributed by atoms with E-state index in [2.05, 4.69) is 9.50 Å². The third kappa shape index (κ3) is 5.13. The molecule has 0 aliphatic rings. The van der Waals surface area contributed by atoms with Crippen LogP contribution in [0.1, 0.15) is 42.0 Å². The molecule has 1 rings (SSSR count). The van der Waals surface area contributed by atoms with Gasteiger partial charge in [-0.05, 0) is 18.6 Å². The Bertz CT molecular complexity index is 565. The van der Waals surface area contributed by atoms with Crippen molar-refractivity contribution in [2.24, 2.45) is 5.41 Å². The zero-order valence-corrected chi connectivity index (χ0v) is 12.4. The van der Waals surface area contributed by atoms with Gasteiger partial charge in [-0.3, -0.25) is 8.98 Å². The average Bonchev–Trinajstić information content (AvgIpc) is 2.39. The largest absolute Gasteiger partial charge is 0.324 e. The van der Waals surface area contributed by atoms with Crippen molar-refractivity contribution < 1.29 is 17.4 Å². The molecule has 0 saturated heterocycles. The first-order valence-corrected chi connectivity index (χ1v) is 7.36. The minimum absolute atomic E-state index is 0. The smallest absolute Gasteiger partial charge is 0.298 e. The zero-order valence-electron chi connectivity index (χ0n) is 11.6. The van der Waals surface area contributed by atoms with Crippen molar-refractivity contribution in [3.63, 3.8) is 0 Å². The number of rotatable bonds is 5. The van der Waals surface area contributed by atoms with Crippen molar-refractivity contribution in [1.82, 2.24) is 0 Å². The van der Waals surface area contributed by atoms with Gasteiger partial charge in [0.1, 0.15) is 4.90 Å². The minimum atomic E-state index is -3.84. The predicted molar refractivity (Wildman–Crippen MR) is 86.8 cm³/mol. The van der Waals surface area contributed by atoms with Crippen LogP contribution in [0.15, 0.2) is 29.2 Å². The second-order valence-electron chi connectivity index (χ2n) is 4.81. The summed E-state index contributed by atoms with van der Waals surface area (Å²) in [5.41, 5.74) is -0.333. The van der Waals surface area contributed by atoms with E-state index in [-0.39, 0.29) is 31.3 Å². The first kappa shape index (κ1) is 21.9. The summed E-state index contributed by atoms with van der Waals surface area (Å²) >= 11 is 0. The molecule has 1 amide bonds. The van der Waals surface area contributed by atoms with Crippen LogP contribution >= 0.6 is 0 Å². The lowest BCUT2D eigenvalue weighted by Crippen LogP contribution is -2.30. The standard InChI is InChI=1S/C13H19NO4S.2CH4/c1-5-13(2,3)12(15)14-10-8-6-7-9-11(10)19(16,17)18-4;;/h6-9H,5H2,1-4H3,(H,14,15);2*1H4. The van der Waals surface area contributed by atoms with Crippen LogP contribution in [0.3, 0.4) is 0 Å². The Hall–Kier alpha value is -1.40. The summed E-state index contributed by atoms with van der Waals surface area (Å²) in [5, 5.41) is 2.64. The SMILES string of the molecule is C.C.CCC(C)(C)C(=O)Nc1ccccc1S(=O)(=O)OC. The van der Waals surface area contributed by atoms with Crippen LogP contribution < -0.4 is 5.32 Å². The van der Waals surface area contributed by atoms with E-state index in [0.717, 1.165) is 7.11 Å². The maximum atomic E-state index is 12.1. The van der Waals surface area contributed by atoms with Crippen LogP contribution in [0.4, 0.5) is 5.69 Å². The highest BCUT2D eigenvalue weighted by Crippen LogP contribution is 2.26. The van der Waals surface area contributed by atoms with Gasteiger partial charge in [0.25, 0.3) is 10.1 Å². The van der Waals surface area contributed by atoms with Crippen LogP contribution in [0.25, 0.3) is 0 Å². The fourth-order valence-electron chi connectivity index (χ4n) is 1.33. The zero-order chi connectivity index (χ0) is 14.7. The molecule has 0 atom stereocenters. The van der Waals surface area contributed by atoms with Crippen LogP contribution in [-0.4, -0.2) is 21.4 Å². The number of carbonyl (C=O) groups is 1. The number of para-hydroxylation sites is 1. The summed E-state index contributed by atoms with van der Waals surface area (Å²) < 4.78 is 28.0. The third-order valence-electron chi connectivity index (χ3n) is 3.12. The maximum Gasteiger partial charge on any atom is 0.298 e. The Morgan fingerprint density at radius 3 is 2.24 bits per heavy atom. The van der Waals surface area contributed by atoms with E-state index in [1.165, 1.54) is 12.1 Å². The van der Waals surface area contributed by atoms with E-state index in [1.54, 1.807) is 26.0 Å². The number of hydrogen-bond donors (Lipinski definition) is 1. The van der Waals surface area contributed by atoms with Gasteiger partial charge < -0.3 is 5.32 Å². The number of hydrogen-bond acceptors (Lipinski definition) is 4. The van der Waals surface area contributed by atoms with Crippen molar-refractivity contribution in [2.75, 3.05) is 12.4 Å². The maximum absolute atomic E-state index is 12.1. The Morgan fingerprint density at radius 1 is 1.24 bits per heavy atom. The van der Waals surface area contributed by atoms with Crippen molar-refractivity contribution in [2.45, 2.75) is 46.9 Å². The lowest BCUT2D eigenvalue weighted by molar-refractivity contribution is -0.124. The number of carbonyl (C=O) groups excluding carboxylic acids is 1. The topological polar surface area (TPSA) is 72.5 Å². The van der Waals surface area contributed by atoms with E-state index < -0.39 is 15.5 Å².